The predicted octanol–water partition coefficient (Wildman–Crippen LogP) is 4.29. The van der Waals surface area contributed by atoms with Crippen molar-refractivity contribution in [3.63, 3.8) is 0 Å². The summed E-state index contributed by atoms with van der Waals surface area (Å²) in [5.41, 5.74) is 1.70. The number of anilines is 1. The second-order valence-electron chi connectivity index (χ2n) is 7.03. The maximum Gasteiger partial charge on any atom is 0.416 e. The van der Waals surface area contributed by atoms with Crippen LogP contribution in [-0.2, 0) is 6.18 Å². The van der Waals surface area contributed by atoms with Crippen LogP contribution < -0.4 is 5.32 Å². The minimum Gasteiger partial charge on any atom is -0.364 e. The number of likely N-dealkylation sites (N-methyl/N-ethyl adjacent to an activating group) is 1. The van der Waals surface area contributed by atoms with Crippen LogP contribution in [0, 0.1) is 13.8 Å². The summed E-state index contributed by atoms with van der Waals surface area (Å²) in [6, 6.07) is 6.26. The normalized spacial score (nSPS) is 18.8. The Balaban J connectivity index is 1.80. The molecule has 2 aromatic rings. The number of rotatable bonds is 3. The largest absolute Gasteiger partial charge is 0.416 e. The van der Waals surface area contributed by atoms with Crippen LogP contribution in [0.3, 0.4) is 0 Å². The first-order valence-electron chi connectivity index (χ1n) is 8.71. The molecule has 1 aromatic heterocycles. The van der Waals surface area contributed by atoms with Crippen molar-refractivity contribution < 1.29 is 13.2 Å². The molecular formula is C19H23F3N4. The molecule has 1 aliphatic rings. The highest BCUT2D eigenvalue weighted by atomic mass is 19.4. The van der Waals surface area contributed by atoms with Crippen molar-refractivity contribution in [3.05, 3.63) is 41.0 Å². The Morgan fingerprint density at radius 2 is 1.88 bits per heavy atom. The van der Waals surface area contributed by atoms with E-state index >= 15 is 0 Å². The minimum atomic E-state index is -4.34. The number of piperidine rings is 1. The Morgan fingerprint density at radius 3 is 2.50 bits per heavy atom. The molecule has 4 nitrogen and oxygen atoms in total. The van der Waals surface area contributed by atoms with Crippen molar-refractivity contribution in [1.29, 1.82) is 0 Å². The molecule has 1 aromatic carbocycles. The number of benzene rings is 1. The molecular weight excluding hydrogens is 341 g/mol. The van der Waals surface area contributed by atoms with Crippen molar-refractivity contribution in [3.8, 4) is 11.3 Å². The number of aromatic nitrogens is 2. The molecule has 3 rings (SSSR count). The number of hydrogen-bond donors (Lipinski definition) is 1. The Hall–Kier alpha value is -2.15. The SMILES string of the molecule is Cc1cc(-c2cc(C)c(N[C@@H]3CCCN(C)C3)nn2)ccc1C(F)(F)F. The smallest absolute Gasteiger partial charge is 0.364 e. The van der Waals surface area contributed by atoms with E-state index in [4.69, 9.17) is 0 Å². The summed E-state index contributed by atoms with van der Waals surface area (Å²) in [5.74, 6) is 0.734. The lowest BCUT2D eigenvalue weighted by molar-refractivity contribution is -0.138. The Bertz CT molecular complexity index is 789. The summed E-state index contributed by atoms with van der Waals surface area (Å²) in [4.78, 5) is 2.28. The highest BCUT2D eigenvalue weighted by Crippen LogP contribution is 2.33. The first kappa shape index (κ1) is 18.6. The fourth-order valence-electron chi connectivity index (χ4n) is 3.39. The van der Waals surface area contributed by atoms with Gasteiger partial charge in [-0.3, -0.25) is 0 Å². The lowest BCUT2D eigenvalue weighted by Crippen LogP contribution is -2.40. The molecule has 0 aliphatic carbocycles. The molecule has 26 heavy (non-hydrogen) atoms. The first-order valence-corrected chi connectivity index (χ1v) is 8.71. The van der Waals surface area contributed by atoms with Crippen molar-refractivity contribution in [2.24, 2.45) is 0 Å². The van der Waals surface area contributed by atoms with Crippen LogP contribution in [-0.4, -0.2) is 41.3 Å². The molecule has 0 radical (unpaired) electrons. The van der Waals surface area contributed by atoms with Gasteiger partial charge >= 0.3 is 6.18 Å². The van der Waals surface area contributed by atoms with Crippen LogP contribution >= 0.6 is 0 Å². The van der Waals surface area contributed by atoms with Gasteiger partial charge in [-0.05, 0) is 69.6 Å². The van der Waals surface area contributed by atoms with E-state index in [1.54, 1.807) is 0 Å². The van der Waals surface area contributed by atoms with Crippen molar-refractivity contribution in [2.75, 3.05) is 25.5 Å². The number of hydrogen-bond acceptors (Lipinski definition) is 4. The summed E-state index contributed by atoms with van der Waals surface area (Å²) in [6.45, 7) is 5.46. The molecule has 0 spiro atoms. The van der Waals surface area contributed by atoms with Crippen LogP contribution in [0.4, 0.5) is 19.0 Å². The maximum atomic E-state index is 12.9. The number of aryl methyl sites for hydroxylation is 2. The summed E-state index contributed by atoms with van der Waals surface area (Å²) >= 11 is 0. The van der Waals surface area contributed by atoms with Gasteiger partial charge < -0.3 is 10.2 Å². The lowest BCUT2D eigenvalue weighted by atomic mass is 10.0. The third-order valence-corrected chi connectivity index (χ3v) is 4.78. The maximum absolute atomic E-state index is 12.9. The van der Waals surface area contributed by atoms with Gasteiger partial charge in [0, 0.05) is 18.2 Å². The highest BCUT2D eigenvalue weighted by molar-refractivity contribution is 5.63. The average Bonchev–Trinajstić information content (AvgIpc) is 2.55. The van der Waals surface area contributed by atoms with Gasteiger partial charge in [-0.1, -0.05) is 6.07 Å². The molecule has 1 aliphatic heterocycles. The van der Waals surface area contributed by atoms with Gasteiger partial charge in [0.05, 0.1) is 11.3 Å². The van der Waals surface area contributed by atoms with Crippen molar-refractivity contribution in [1.82, 2.24) is 15.1 Å². The summed E-state index contributed by atoms with van der Waals surface area (Å²) < 4.78 is 38.7. The molecule has 1 saturated heterocycles. The quantitative estimate of drug-likeness (QED) is 0.882. The number of likely N-dealkylation sites (tertiary alicyclic amines) is 1. The van der Waals surface area contributed by atoms with Crippen LogP contribution in [0.1, 0.15) is 29.5 Å². The molecule has 1 fully saturated rings. The third-order valence-electron chi connectivity index (χ3n) is 4.78. The molecule has 0 bridgehead atoms. The van der Waals surface area contributed by atoms with Crippen LogP contribution in [0.2, 0.25) is 0 Å². The Morgan fingerprint density at radius 1 is 1.12 bits per heavy atom. The highest BCUT2D eigenvalue weighted by Gasteiger charge is 2.32. The van der Waals surface area contributed by atoms with E-state index in [9.17, 15) is 13.2 Å². The van der Waals surface area contributed by atoms with Gasteiger partial charge in [0.2, 0.25) is 0 Å². The van der Waals surface area contributed by atoms with Crippen LogP contribution in [0.15, 0.2) is 24.3 Å². The zero-order chi connectivity index (χ0) is 18.9. The van der Waals surface area contributed by atoms with E-state index in [-0.39, 0.29) is 5.56 Å². The van der Waals surface area contributed by atoms with E-state index in [0.29, 0.717) is 17.3 Å². The standard InChI is InChI=1S/C19H23F3N4/c1-12-9-14(6-7-16(12)19(20,21)22)17-10-13(2)18(25-24-17)23-15-5-4-8-26(3)11-15/h6-7,9-10,15H,4-5,8,11H2,1-3H3,(H,23,25)/t15-/m1/s1. The van der Waals surface area contributed by atoms with Gasteiger partial charge in [-0.25, -0.2) is 0 Å². The van der Waals surface area contributed by atoms with E-state index in [2.05, 4.69) is 27.5 Å². The molecule has 140 valence electrons. The number of alkyl halides is 3. The van der Waals surface area contributed by atoms with Gasteiger partial charge in [0.25, 0.3) is 0 Å². The molecule has 1 atom stereocenters. The summed E-state index contributed by atoms with van der Waals surface area (Å²) in [5, 5.41) is 11.9. The number of nitrogens with one attached hydrogen (secondary N) is 1. The van der Waals surface area contributed by atoms with E-state index in [0.717, 1.165) is 43.4 Å². The number of nitrogens with zero attached hydrogens (tertiary/aromatic N) is 3. The molecule has 2 heterocycles. The van der Waals surface area contributed by atoms with Gasteiger partial charge in [0.15, 0.2) is 5.82 Å². The van der Waals surface area contributed by atoms with Crippen LogP contribution in [0.25, 0.3) is 11.3 Å². The molecule has 7 heteroatoms. The predicted molar refractivity (Wildman–Crippen MR) is 96.1 cm³/mol. The first-order chi connectivity index (χ1) is 12.2. The molecule has 0 amide bonds. The van der Waals surface area contributed by atoms with Crippen LogP contribution in [0.5, 0.6) is 0 Å². The van der Waals surface area contributed by atoms with E-state index in [1.807, 2.05) is 13.0 Å². The Kier molecular flexibility index (Phi) is 5.18. The Labute approximate surface area is 151 Å². The second-order valence-corrected chi connectivity index (χ2v) is 7.03. The van der Waals surface area contributed by atoms with E-state index < -0.39 is 11.7 Å². The topological polar surface area (TPSA) is 41.0 Å². The van der Waals surface area contributed by atoms with E-state index in [1.165, 1.54) is 19.1 Å². The molecule has 0 unspecified atom stereocenters. The monoisotopic (exact) mass is 364 g/mol. The van der Waals surface area contributed by atoms with Crippen molar-refractivity contribution >= 4 is 5.82 Å². The second kappa shape index (κ2) is 7.23. The fourth-order valence-corrected chi connectivity index (χ4v) is 3.39. The van der Waals surface area contributed by atoms with Gasteiger partial charge in [-0.2, -0.15) is 13.2 Å². The average molecular weight is 364 g/mol. The zero-order valence-corrected chi connectivity index (χ0v) is 15.2. The summed E-state index contributed by atoms with van der Waals surface area (Å²) in [7, 11) is 2.10. The lowest BCUT2D eigenvalue weighted by Gasteiger charge is -2.30. The zero-order valence-electron chi connectivity index (χ0n) is 15.2. The minimum absolute atomic E-state index is 0.182. The van der Waals surface area contributed by atoms with Gasteiger partial charge in [0.1, 0.15) is 0 Å². The number of halogens is 3. The molecule has 1 N–H and O–H groups in total. The summed E-state index contributed by atoms with van der Waals surface area (Å²) in [6.07, 6.45) is -2.11. The molecule has 0 saturated carbocycles. The van der Waals surface area contributed by atoms with Crippen molar-refractivity contribution in [2.45, 2.75) is 38.9 Å². The van der Waals surface area contributed by atoms with Gasteiger partial charge in [-0.15, -0.1) is 10.2 Å². The third kappa shape index (κ3) is 4.15. The fraction of sp³-hybridized carbons (Fsp3) is 0.474.